The topological polar surface area (TPSA) is 0 Å². The summed E-state index contributed by atoms with van der Waals surface area (Å²) >= 11 is 4.00. The van der Waals surface area contributed by atoms with Gasteiger partial charge in [-0.05, 0) is 42.2 Å². The molecule has 0 spiro atoms. The van der Waals surface area contributed by atoms with Crippen LogP contribution in [0.15, 0.2) is 17.5 Å². The van der Waals surface area contributed by atoms with Gasteiger partial charge in [0.2, 0.25) is 0 Å². The lowest BCUT2D eigenvalue weighted by Gasteiger charge is -2.03. The van der Waals surface area contributed by atoms with Crippen LogP contribution in [0.25, 0.3) is 0 Å². The first-order chi connectivity index (χ1) is 10.4. The van der Waals surface area contributed by atoms with Crippen LogP contribution in [-0.2, 0) is 6.42 Å². The van der Waals surface area contributed by atoms with Gasteiger partial charge in [0.05, 0.1) is 0 Å². The maximum atomic E-state index is 2.27. The van der Waals surface area contributed by atoms with E-state index >= 15 is 0 Å². The van der Waals surface area contributed by atoms with Crippen molar-refractivity contribution in [3.63, 3.8) is 0 Å². The first-order valence-electron chi connectivity index (χ1n) is 9.03. The lowest BCUT2D eigenvalue weighted by molar-refractivity contribution is 0.550. The second kappa shape index (κ2) is 15.0. The Morgan fingerprint density at radius 1 is 0.810 bits per heavy atom. The number of rotatable bonds is 15. The number of unbranched alkanes of at least 4 members (excludes halogenated alkanes) is 10. The minimum absolute atomic E-state index is 1.29. The fourth-order valence-electron chi connectivity index (χ4n) is 2.69. The molecule has 0 saturated carbocycles. The molecule has 0 aromatic carbocycles. The Kier molecular flexibility index (Phi) is 13.6. The second-order valence-electron chi connectivity index (χ2n) is 5.92. The summed E-state index contributed by atoms with van der Waals surface area (Å²) < 4.78 is 0. The summed E-state index contributed by atoms with van der Waals surface area (Å²) in [5.41, 5.74) is 0. The van der Waals surface area contributed by atoms with Crippen LogP contribution in [0.3, 0.4) is 0 Å². The minimum Gasteiger partial charge on any atom is -0.162 e. The third-order valence-electron chi connectivity index (χ3n) is 4.00. The highest BCUT2D eigenvalue weighted by Crippen LogP contribution is 2.15. The van der Waals surface area contributed by atoms with Crippen molar-refractivity contribution in [1.29, 1.82) is 0 Å². The molecule has 1 aromatic rings. The van der Waals surface area contributed by atoms with Gasteiger partial charge in [-0.2, -0.15) is 11.8 Å². The third kappa shape index (κ3) is 12.3. The van der Waals surface area contributed by atoms with Gasteiger partial charge in [0.15, 0.2) is 0 Å². The molecule has 0 unspecified atom stereocenters. The van der Waals surface area contributed by atoms with E-state index in [2.05, 4.69) is 36.2 Å². The van der Waals surface area contributed by atoms with E-state index in [-0.39, 0.29) is 0 Å². The van der Waals surface area contributed by atoms with Gasteiger partial charge in [-0.3, -0.25) is 0 Å². The summed E-state index contributed by atoms with van der Waals surface area (Å²) in [6, 6.07) is 4.44. The van der Waals surface area contributed by atoms with Crippen LogP contribution in [0.2, 0.25) is 0 Å². The van der Waals surface area contributed by atoms with E-state index in [4.69, 9.17) is 0 Å². The quantitative estimate of drug-likeness (QED) is 0.304. The Labute approximate surface area is 141 Å². The Morgan fingerprint density at radius 2 is 1.38 bits per heavy atom. The van der Waals surface area contributed by atoms with Crippen LogP contribution in [-0.4, -0.2) is 11.5 Å². The zero-order valence-corrected chi connectivity index (χ0v) is 15.6. The summed E-state index contributed by atoms with van der Waals surface area (Å²) in [5.74, 6) is 2.66. The van der Waals surface area contributed by atoms with Gasteiger partial charge in [-0.25, -0.2) is 0 Å². The van der Waals surface area contributed by atoms with Crippen LogP contribution < -0.4 is 0 Å². The van der Waals surface area contributed by atoms with E-state index in [1.807, 2.05) is 11.3 Å². The Hall–Kier alpha value is 0.0500. The van der Waals surface area contributed by atoms with Crippen molar-refractivity contribution in [2.75, 3.05) is 11.5 Å². The molecule has 0 N–H and O–H groups in total. The average Bonchev–Trinajstić information content (AvgIpc) is 3.01. The predicted octanol–water partition coefficient (Wildman–Crippen LogP) is 7.33. The summed E-state index contributed by atoms with van der Waals surface area (Å²) in [6.07, 6.45) is 17.2. The summed E-state index contributed by atoms with van der Waals surface area (Å²) in [6.45, 7) is 2.26. The lowest BCUT2D eigenvalue weighted by Crippen LogP contribution is -1.85. The Bertz CT molecular complexity index is 293. The molecule has 0 radical (unpaired) electrons. The number of hydrogen-bond donors (Lipinski definition) is 0. The molecule has 0 fully saturated rings. The Morgan fingerprint density at radius 3 is 1.90 bits per heavy atom. The smallest absolute Gasteiger partial charge is 0.00452 e. The zero-order chi connectivity index (χ0) is 15.0. The molecule has 0 aliphatic rings. The summed E-state index contributed by atoms with van der Waals surface area (Å²) in [4.78, 5) is 1.56. The summed E-state index contributed by atoms with van der Waals surface area (Å²) in [5, 5.41) is 2.19. The molecular weight excluding hydrogens is 292 g/mol. The van der Waals surface area contributed by atoms with Gasteiger partial charge in [-0.1, -0.05) is 70.8 Å². The SMILES string of the molecule is CCSCCCCCCCCCCCCCc1cccs1. The van der Waals surface area contributed by atoms with Crippen LogP contribution >= 0.6 is 23.1 Å². The van der Waals surface area contributed by atoms with E-state index < -0.39 is 0 Å². The highest BCUT2D eigenvalue weighted by molar-refractivity contribution is 7.99. The molecular formula is C19H34S2. The molecule has 21 heavy (non-hydrogen) atoms. The van der Waals surface area contributed by atoms with Gasteiger partial charge in [0, 0.05) is 4.88 Å². The van der Waals surface area contributed by atoms with Crippen molar-refractivity contribution in [3.8, 4) is 0 Å². The number of hydrogen-bond acceptors (Lipinski definition) is 2. The molecule has 1 heterocycles. The molecule has 0 saturated heterocycles. The van der Waals surface area contributed by atoms with Gasteiger partial charge in [0.25, 0.3) is 0 Å². The van der Waals surface area contributed by atoms with E-state index in [0.717, 1.165) is 0 Å². The number of thiophene rings is 1. The molecule has 0 atom stereocenters. The molecule has 0 amide bonds. The van der Waals surface area contributed by atoms with E-state index in [1.165, 1.54) is 88.6 Å². The lowest BCUT2D eigenvalue weighted by atomic mass is 10.1. The second-order valence-corrected chi connectivity index (χ2v) is 8.34. The van der Waals surface area contributed by atoms with Crippen molar-refractivity contribution in [1.82, 2.24) is 0 Å². The number of thioether (sulfide) groups is 1. The monoisotopic (exact) mass is 326 g/mol. The normalized spacial score (nSPS) is 11.1. The van der Waals surface area contributed by atoms with Gasteiger partial charge in [-0.15, -0.1) is 11.3 Å². The van der Waals surface area contributed by atoms with Crippen molar-refractivity contribution in [2.24, 2.45) is 0 Å². The predicted molar refractivity (Wildman–Crippen MR) is 102 cm³/mol. The molecule has 0 nitrogen and oxygen atoms in total. The molecule has 1 rings (SSSR count). The van der Waals surface area contributed by atoms with Gasteiger partial charge in [0.1, 0.15) is 0 Å². The maximum absolute atomic E-state index is 2.27. The third-order valence-corrected chi connectivity index (χ3v) is 5.92. The van der Waals surface area contributed by atoms with Crippen molar-refractivity contribution in [3.05, 3.63) is 22.4 Å². The van der Waals surface area contributed by atoms with Crippen molar-refractivity contribution < 1.29 is 0 Å². The standard InChI is InChI=1S/C19H34S2/c1-2-20-17-13-11-9-7-5-3-4-6-8-10-12-15-19-16-14-18-21-19/h14,16,18H,2-13,15,17H2,1H3. The van der Waals surface area contributed by atoms with Crippen molar-refractivity contribution in [2.45, 2.75) is 84.0 Å². The van der Waals surface area contributed by atoms with Gasteiger partial charge < -0.3 is 0 Å². The maximum Gasteiger partial charge on any atom is 0.00452 e. The molecule has 0 aliphatic heterocycles. The van der Waals surface area contributed by atoms with Crippen molar-refractivity contribution >= 4 is 23.1 Å². The zero-order valence-electron chi connectivity index (χ0n) is 13.9. The molecule has 2 heteroatoms. The fourth-order valence-corrected chi connectivity index (χ4v) is 4.14. The van der Waals surface area contributed by atoms with Crippen LogP contribution in [0.5, 0.6) is 0 Å². The first-order valence-corrected chi connectivity index (χ1v) is 11.1. The number of aryl methyl sites for hydroxylation is 1. The minimum atomic E-state index is 1.29. The van der Waals surface area contributed by atoms with Crippen LogP contribution in [0.1, 0.15) is 82.4 Å². The van der Waals surface area contributed by atoms with Crippen LogP contribution in [0.4, 0.5) is 0 Å². The van der Waals surface area contributed by atoms with Crippen LogP contribution in [0, 0.1) is 0 Å². The highest BCUT2D eigenvalue weighted by Gasteiger charge is 1.95. The molecule has 0 aliphatic carbocycles. The first kappa shape index (κ1) is 19.1. The molecule has 0 bridgehead atoms. The summed E-state index contributed by atoms with van der Waals surface area (Å²) in [7, 11) is 0. The van der Waals surface area contributed by atoms with E-state index in [0.29, 0.717) is 0 Å². The van der Waals surface area contributed by atoms with Gasteiger partial charge >= 0.3 is 0 Å². The Balaban J connectivity index is 1.69. The molecule has 122 valence electrons. The van der Waals surface area contributed by atoms with E-state index in [1.54, 1.807) is 4.88 Å². The fraction of sp³-hybridized carbons (Fsp3) is 0.789. The highest BCUT2D eigenvalue weighted by atomic mass is 32.2. The van der Waals surface area contributed by atoms with E-state index in [9.17, 15) is 0 Å². The molecule has 1 aromatic heterocycles. The largest absolute Gasteiger partial charge is 0.162 e. The average molecular weight is 327 g/mol.